The summed E-state index contributed by atoms with van der Waals surface area (Å²) in [5, 5.41) is 7.92. The van der Waals surface area contributed by atoms with Crippen LogP contribution in [-0.4, -0.2) is 20.7 Å². The molecule has 0 aliphatic carbocycles. The smallest absolute Gasteiger partial charge is 0.295 e. The number of halogens is 2. The molecule has 7 heteroatoms. The van der Waals surface area contributed by atoms with Gasteiger partial charge in [-0.1, -0.05) is 35.9 Å². The molecule has 156 valence electrons. The van der Waals surface area contributed by atoms with Gasteiger partial charge in [0.15, 0.2) is 5.82 Å². The van der Waals surface area contributed by atoms with E-state index in [9.17, 15) is 9.18 Å². The Balaban J connectivity index is 1.82. The van der Waals surface area contributed by atoms with Crippen molar-refractivity contribution >= 4 is 23.2 Å². The van der Waals surface area contributed by atoms with Gasteiger partial charge in [-0.3, -0.25) is 4.79 Å². The molecule has 0 unspecified atom stereocenters. The van der Waals surface area contributed by atoms with Crippen molar-refractivity contribution in [2.75, 3.05) is 5.32 Å². The number of anilines is 1. The van der Waals surface area contributed by atoms with E-state index in [2.05, 4.69) is 15.4 Å². The molecular formula is C24H20ClFN4O. The summed E-state index contributed by atoms with van der Waals surface area (Å²) >= 11 is 6.21. The van der Waals surface area contributed by atoms with Gasteiger partial charge in [-0.15, -0.1) is 5.10 Å². The van der Waals surface area contributed by atoms with Gasteiger partial charge in [0.2, 0.25) is 5.82 Å². The minimum atomic E-state index is -0.431. The molecule has 1 aromatic heterocycles. The topological polar surface area (TPSA) is 59.8 Å². The first-order chi connectivity index (χ1) is 14.8. The number of amides is 1. The summed E-state index contributed by atoms with van der Waals surface area (Å²) in [4.78, 5) is 17.5. The Morgan fingerprint density at radius 2 is 1.65 bits per heavy atom. The molecule has 0 atom stereocenters. The van der Waals surface area contributed by atoms with Crippen LogP contribution in [0, 0.1) is 26.6 Å². The van der Waals surface area contributed by atoms with Crippen LogP contribution in [-0.2, 0) is 0 Å². The molecular weight excluding hydrogens is 415 g/mol. The number of nitrogens with one attached hydrogen (secondary N) is 1. The van der Waals surface area contributed by atoms with Crippen molar-refractivity contribution in [1.82, 2.24) is 14.8 Å². The van der Waals surface area contributed by atoms with Crippen LogP contribution < -0.4 is 5.32 Å². The van der Waals surface area contributed by atoms with Crippen molar-refractivity contribution in [3.8, 4) is 17.1 Å². The second-order valence-corrected chi connectivity index (χ2v) is 7.77. The number of hydrogen-bond donors (Lipinski definition) is 1. The maximum atomic E-state index is 13.5. The molecule has 0 spiro atoms. The number of rotatable bonds is 4. The number of carbonyl (C=O) groups excluding carboxylic acids is 1. The van der Waals surface area contributed by atoms with E-state index >= 15 is 0 Å². The molecule has 0 aliphatic heterocycles. The third-order valence-electron chi connectivity index (χ3n) is 5.03. The van der Waals surface area contributed by atoms with Crippen LogP contribution in [0.4, 0.5) is 10.1 Å². The van der Waals surface area contributed by atoms with E-state index in [1.54, 1.807) is 28.9 Å². The minimum Gasteiger partial charge on any atom is -0.319 e. The number of hydrogen-bond acceptors (Lipinski definition) is 3. The summed E-state index contributed by atoms with van der Waals surface area (Å²) in [7, 11) is 0. The van der Waals surface area contributed by atoms with Gasteiger partial charge in [0, 0.05) is 16.3 Å². The van der Waals surface area contributed by atoms with Crippen molar-refractivity contribution in [3.05, 3.63) is 94.0 Å². The fourth-order valence-electron chi connectivity index (χ4n) is 3.35. The predicted octanol–water partition coefficient (Wildman–Crippen LogP) is 5.90. The first kappa shape index (κ1) is 20.8. The Bertz CT molecular complexity index is 1260. The molecule has 0 radical (unpaired) electrons. The van der Waals surface area contributed by atoms with E-state index in [0.29, 0.717) is 22.1 Å². The van der Waals surface area contributed by atoms with Crippen LogP contribution in [0.2, 0.25) is 5.02 Å². The van der Waals surface area contributed by atoms with E-state index in [4.69, 9.17) is 11.6 Å². The zero-order valence-electron chi connectivity index (χ0n) is 17.3. The van der Waals surface area contributed by atoms with Crippen LogP contribution in [0.5, 0.6) is 0 Å². The third kappa shape index (κ3) is 4.20. The third-order valence-corrected chi connectivity index (χ3v) is 5.27. The predicted molar refractivity (Wildman–Crippen MR) is 120 cm³/mol. The largest absolute Gasteiger partial charge is 0.319 e. The normalized spacial score (nSPS) is 10.9. The van der Waals surface area contributed by atoms with E-state index in [1.165, 1.54) is 12.1 Å². The number of carbonyl (C=O) groups is 1. The van der Waals surface area contributed by atoms with Crippen LogP contribution in [0.25, 0.3) is 17.1 Å². The molecule has 3 aromatic carbocycles. The van der Waals surface area contributed by atoms with Crippen molar-refractivity contribution in [3.63, 3.8) is 0 Å². The average molecular weight is 435 g/mol. The van der Waals surface area contributed by atoms with Gasteiger partial charge < -0.3 is 5.32 Å². The first-order valence-electron chi connectivity index (χ1n) is 9.70. The summed E-state index contributed by atoms with van der Waals surface area (Å²) < 4.78 is 15.0. The minimum absolute atomic E-state index is 0.00125. The Morgan fingerprint density at radius 1 is 0.968 bits per heavy atom. The summed E-state index contributed by atoms with van der Waals surface area (Å²) in [6, 6.07) is 17.1. The number of para-hydroxylation sites is 1. The molecule has 0 aliphatic rings. The maximum Gasteiger partial charge on any atom is 0.295 e. The first-order valence-corrected chi connectivity index (χ1v) is 10.1. The zero-order valence-corrected chi connectivity index (χ0v) is 18.0. The number of aryl methyl sites for hydroxylation is 3. The molecule has 1 amide bonds. The molecule has 0 saturated heterocycles. The monoisotopic (exact) mass is 434 g/mol. The van der Waals surface area contributed by atoms with Gasteiger partial charge >= 0.3 is 0 Å². The van der Waals surface area contributed by atoms with Gasteiger partial charge in [0.1, 0.15) is 5.82 Å². The van der Waals surface area contributed by atoms with Gasteiger partial charge in [0.25, 0.3) is 5.91 Å². The highest BCUT2D eigenvalue weighted by atomic mass is 35.5. The van der Waals surface area contributed by atoms with E-state index in [0.717, 1.165) is 22.4 Å². The Labute approximate surface area is 184 Å². The van der Waals surface area contributed by atoms with Crippen LogP contribution in [0.15, 0.2) is 60.7 Å². The molecule has 4 aromatic rings. The van der Waals surface area contributed by atoms with Crippen molar-refractivity contribution in [1.29, 1.82) is 0 Å². The second-order valence-electron chi connectivity index (χ2n) is 7.33. The lowest BCUT2D eigenvalue weighted by molar-refractivity contribution is 0.101. The highest BCUT2D eigenvalue weighted by Gasteiger charge is 2.21. The van der Waals surface area contributed by atoms with E-state index in [1.807, 2.05) is 45.0 Å². The maximum absolute atomic E-state index is 13.5. The number of aromatic nitrogens is 3. The lowest BCUT2D eigenvalue weighted by Gasteiger charge is -2.10. The van der Waals surface area contributed by atoms with Crippen molar-refractivity contribution in [2.24, 2.45) is 0 Å². The van der Waals surface area contributed by atoms with Crippen molar-refractivity contribution < 1.29 is 9.18 Å². The van der Waals surface area contributed by atoms with Gasteiger partial charge in [-0.25, -0.2) is 14.1 Å². The van der Waals surface area contributed by atoms with Crippen LogP contribution >= 0.6 is 11.6 Å². The van der Waals surface area contributed by atoms with Gasteiger partial charge in [-0.2, -0.15) is 0 Å². The fraction of sp³-hybridized carbons (Fsp3) is 0.125. The Morgan fingerprint density at radius 3 is 2.32 bits per heavy atom. The quantitative estimate of drug-likeness (QED) is 0.434. The average Bonchev–Trinajstić information content (AvgIpc) is 3.18. The summed E-state index contributed by atoms with van der Waals surface area (Å²) in [6.45, 7) is 5.76. The summed E-state index contributed by atoms with van der Waals surface area (Å²) in [5.41, 5.74) is 4.82. The molecule has 5 nitrogen and oxygen atoms in total. The lowest BCUT2D eigenvalue weighted by Crippen LogP contribution is -2.16. The van der Waals surface area contributed by atoms with Crippen LogP contribution in [0.1, 0.15) is 27.3 Å². The number of benzene rings is 3. The number of nitrogens with zero attached hydrogens (tertiary/aromatic N) is 3. The molecule has 31 heavy (non-hydrogen) atoms. The Kier molecular flexibility index (Phi) is 5.57. The molecule has 4 rings (SSSR count). The summed E-state index contributed by atoms with van der Waals surface area (Å²) in [6.07, 6.45) is 0. The van der Waals surface area contributed by atoms with E-state index < -0.39 is 5.91 Å². The van der Waals surface area contributed by atoms with E-state index in [-0.39, 0.29) is 11.6 Å². The molecule has 0 bridgehead atoms. The van der Waals surface area contributed by atoms with Crippen LogP contribution in [0.3, 0.4) is 0 Å². The van der Waals surface area contributed by atoms with Crippen molar-refractivity contribution in [2.45, 2.75) is 20.8 Å². The standard InChI is InChI=1S/C24H20ClFN4O/c1-14-7-10-18(25)13-20(14)30-23(17-8-11-19(26)12-9-17)28-22(29-30)24(31)27-21-15(2)5-4-6-16(21)3/h4-13H,1-3H3,(H,27,31). The Hall–Kier alpha value is -3.51. The molecule has 1 heterocycles. The highest BCUT2D eigenvalue weighted by molar-refractivity contribution is 6.30. The molecule has 0 fully saturated rings. The zero-order chi connectivity index (χ0) is 22.1. The van der Waals surface area contributed by atoms with Gasteiger partial charge in [-0.05, 0) is 73.9 Å². The summed E-state index contributed by atoms with van der Waals surface area (Å²) in [5.74, 6) is -0.376. The highest BCUT2D eigenvalue weighted by Crippen LogP contribution is 2.26. The second kappa shape index (κ2) is 8.32. The van der Waals surface area contributed by atoms with Gasteiger partial charge in [0.05, 0.1) is 5.69 Å². The SMILES string of the molecule is Cc1ccc(Cl)cc1-n1nc(C(=O)Nc2c(C)cccc2C)nc1-c1ccc(F)cc1. The fourth-order valence-corrected chi connectivity index (χ4v) is 3.52. The molecule has 1 N–H and O–H groups in total. The lowest BCUT2D eigenvalue weighted by atomic mass is 10.1. The molecule has 0 saturated carbocycles.